The molecule has 1 fully saturated rings. The van der Waals surface area contributed by atoms with Crippen LogP contribution in [0, 0.1) is 17.3 Å². The van der Waals surface area contributed by atoms with Gasteiger partial charge in [-0.15, -0.1) is 0 Å². The molecule has 0 spiro atoms. The van der Waals surface area contributed by atoms with Gasteiger partial charge in [-0.25, -0.2) is 0 Å². The van der Waals surface area contributed by atoms with Crippen molar-refractivity contribution in [3.8, 4) is 0 Å². The highest BCUT2D eigenvalue weighted by Crippen LogP contribution is 2.57. The Morgan fingerprint density at radius 1 is 1.47 bits per heavy atom. The Morgan fingerprint density at radius 2 is 2.07 bits per heavy atom. The first kappa shape index (κ1) is 11.9. The SMILES string of the molecule is CC(C)N=COC(=O)C1C(C=O)C1(C)C. The predicted molar refractivity (Wildman–Crippen MR) is 56.5 cm³/mol. The molecule has 1 aliphatic carbocycles. The normalized spacial score (nSPS) is 28.1. The maximum Gasteiger partial charge on any atom is 0.316 e. The fourth-order valence-electron chi connectivity index (χ4n) is 1.66. The Morgan fingerprint density at radius 3 is 2.47 bits per heavy atom. The van der Waals surface area contributed by atoms with Crippen LogP contribution in [0.3, 0.4) is 0 Å². The van der Waals surface area contributed by atoms with Gasteiger partial charge >= 0.3 is 5.97 Å². The molecule has 4 heteroatoms. The number of hydrogen-bond donors (Lipinski definition) is 0. The van der Waals surface area contributed by atoms with Gasteiger partial charge in [0, 0.05) is 12.0 Å². The molecule has 0 bridgehead atoms. The average molecular weight is 211 g/mol. The lowest BCUT2D eigenvalue weighted by atomic mass is 10.1. The van der Waals surface area contributed by atoms with Crippen molar-refractivity contribution >= 4 is 18.7 Å². The molecule has 0 saturated heterocycles. The van der Waals surface area contributed by atoms with E-state index < -0.39 is 0 Å². The van der Waals surface area contributed by atoms with Gasteiger partial charge in [-0.1, -0.05) is 13.8 Å². The monoisotopic (exact) mass is 211 g/mol. The van der Waals surface area contributed by atoms with Crippen LogP contribution in [0.5, 0.6) is 0 Å². The summed E-state index contributed by atoms with van der Waals surface area (Å²) in [5, 5.41) is 0. The fraction of sp³-hybridized carbons (Fsp3) is 0.727. The number of aliphatic imine (C=N–C) groups is 1. The van der Waals surface area contributed by atoms with Crippen molar-refractivity contribution in [3.05, 3.63) is 0 Å². The average Bonchev–Trinajstić information content (AvgIpc) is 2.67. The van der Waals surface area contributed by atoms with Crippen LogP contribution < -0.4 is 0 Å². The van der Waals surface area contributed by atoms with Gasteiger partial charge in [0.25, 0.3) is 0 Å². The van der Waals surface area contributed by atoms with Gasteiger partial charge in [0.1, 0.15) is 6.29 Å². The molecular formula is C11H17NO3. The van der Waals surface area contributed by atoms with E-state index in [1.165, 1.54) is 6.40 Å². The maximum atomic E-state index is 11.5. The number of nitrogens with zero attached hydrogens (tertiary/aromatic N) is 1. The molecule has 0 heterocycles. The van der Waals surface area contributed by atoms with E-state index in [0.29, 0.717) is 0 Å². The molecular weight excluding hydrogens is 194 g/mol. The summed E-state index contributed by atoms with van der Waals surface area (Å²) >= 11 is 0. The first-order valence-electron chi connectivity index (χ1n) is 5.08. The zero-order valence-corrected chi connectivity index (χ0v) is 9.56. The van der Waals surface area contributed by atoms with Crippen molar-refractivity contribution in [2.75, 3.05) is 0 Å². The number of esters is 1. The van der Waals surface area contributed by atoms with E-state index in [1.54, 1.807) is 0 Å². The third-order valence-electron chi connectivity index (χ3n) is 2.84. The highest BCUT2D eigenvalue weighted by Gasteiger charge is 2.62. The minimum atomic E-state index is -0.360. The van der Waals surface area contributed by atoms with Gasteiger partial charge in [-0.2, -0.15) is 0 Å². The Balaban J connectivity index is 2.47. The molecule has 0 aromatic heterocycles. The summed E-state index contributed by atoms with van der Waals surface area (Å²) in [7, 11) is 0. The maximum absolute atomic E-state index is 11.5. The Labute approximate surface area is 89.7 Å². The van der Waals surface area contributed by atoms with Crippen LogP contribution in [-0.2, 0) is 14.3 Å². The second-order valence-corrected chi connectivity index (χ2v) is 4.75. The summed E-state index contributed by atoms with van der Waals surface area (Å²) in [6, 6.07) is 0.104. The van der Waals surface area contributed by atoms with Gasteiger partial charge in [-0.3, -0.25) is 9.79 Å². The van der Waals surface area contributed by atoms with E-state index in [9.17, 15) is 9.59 Å². The van der Waals surface area contributed by atoms with Crippen molar-refractivity contribution in [2.24, 2.45) is 22.2 Å². The zero-order valence-electron chi connectivity index (χ0n) is 9.56. The summed E-state index contributed by atoms with van der Waals surface area (Å²) in [5.74, 6) is -0.882. The van der Waals surface area contributed by atoms with Crippen LogP contribution in [0.2, 0.25) is 0 Å². The van der Waals surface area contributed by atoms with Crippen molar-refractivity contribution in [1.82, 2.24) is 0 Å². The lowest BCUT2D eigenvalue weighted by Crippen LogP contribution is -2.10. The van der Waals surface area contributed by atoms with Gasteiger partial charge in [0.05, 0.1) is 5.92 Å². The molecule has 1 saturated carbocycles. The van der Waals surface area contributed by atoms with Crippen LogP contribution >= 0.6 is 0 Å². The van der Waals surface area contributed by atoms with E-state index in [4.69, 9.17) is 4.74 Å². The van der Waals surface area contributed by atoms with Gasteiger partial charge in [-0.05, 0) is 19.3 Å². The summed E-state index contributed by atoms with van der Waals surface area (Å²) in [4.78, 5) is 26.1. The second-order valence-electron chi connectivity index (χ2n) is 4.75. The lowest BCUT2D eigenvalue weighted by Gasteiger charge is -2.00. The van der Waals surface area contributed by atoms with Gasteiger partial charge in [0.15, 0.2) is 6.40 Å². The van der Waals surface area contributed by atoms with Crippen LogP contribution in [0.1, 0.15) is 27.7 Å². The van der Waals surface area contributed by atoms with Crippen molar-refractivity contribution < 1.29 is 14.3 Å². The Bertz CT molecular complexity index is 294. The molecule has 1 aliphatic rings. The first-order chi connectivity index (χ1) is 6.91. The summed E-state index contributed by atoms with van der Waals surface area (Å²) < 4.78 is 4.85. The molecule has 1 rings (SSSR count). The van der Waals surface area contributed by atoms with Crippen LogP contribution in [0.15, 0.2) is 4.99 Å². The van der Waals surface area contributed by atoms with Crippen LogP contribution in [0.4, 0.5) is 0 Å². The Kier molecular flexibility index (Phi) is 3.27. The predicted octanol–water partition coefficient (Wildman–Crippen LogP) is 1.44. The minimum absolute atomic E-state index is 0.104. The number of carbonyl (C=O) groups is 2. The molecule has 0 aromatic rings. The van der Waals surface area contributed by atoms with Crippen LogP contribution in [-0.4, -0.2) is 24.7 Å². The zero-order chi connectivity index (χ0) is 11.6. The number of ether oxygens (including phenoxy) is 1. The van der Waals surface area contributed by atoms with E-state index in [-0.39, 0.29) is 29.3 Å². The second kappa shape index (κ2) is 4.13. The number of aldehydes is 1. The van der Waals surface area contributed by atoms with E-state index in [1.807, 2.05) is 27.7 Å². The molecule has 0 amide bonds. The molecule has 2 unspecified atom stereocenters. The summed E-state index contributed by atoms with van der Waals surface area (Å²) in [6.07, 6.45) is 1.99. The fourth-order valence-corrected chi connectivity index (χ4v) is 1.66. The molecule has 2 atom stereocenters. The molecule has 84 valence electrons. The summed E-state index contributed by atoms with van der Waals surface area (Å²) in [6.45, 7) is 7.55. The third-order valence-corrected chi connectivity index (χ3v) is 2.84. The lowest BCUT2D eigenvalue weighted by molar-refractivity contribution is -0.138. The smallest absolute Gasteiger partial charge is 0.316 e. The third kappa shape index (κ3) is 2.43. The largest absolute Gasteiger partial charge is 0.415 e. The molecule has 0 aliphatic heterocycles. The first-order valence-corrected chi connectivity index (χ1v) is 5.08. The van der Waals surface area contributed by atoms with Gasteiger partial charge in [0.2, 0.25) is 0 Å². The van der Waals surface area contributed by atoms with Crippen molar-refractivity contribution in [2.45, 2.75) is 33.7 Å². The number of hydrogen-bond acceptors (Lipinski definition) is 4. The number of carbonyl (C=O) groups excluding carboxylic acids is 2. The van der Waals surface area contributed by atoms with Gasteiger partial charge < -0.3 is 9.53 Å². The number of rotatable bonds is 4. The Hall–Kier alpha value is -1.19. The molecule has 0 N–H and O–H groups in total. The highest BCUT2D eigenvalue weighted by atomic mass is 16.5. The topological polar surface area (TPSA) is 55.7 Å². The summed E-state index contributed by atoms with van der Waals surface area (Å²) in [5.41, 5.74) is -0.259. The van der Waals surface area contributed by atoms with E-state index >= 15 is 0 Å². The molecule has 15 heavy (non-hydrogen) atoms. The standard InChI is InChI=1S/C11H17NO3/c1-7(2)12-6-15-10(14)9-8(5-13)11(9,3)4/h5-9H,1-4H3. The molecule has 0 aromatic carbocycles. The molecule has 0 radical (unpaired) electrons. The quantitative estimate of drug-likeness (QED) is 0.306. The van der Waals surface area contributed by atoms with E-state index in [0.717, 1.165) is 6.29 Å². The van der Waals surface area contributed by atoms with Crippen LogP contribution in [0.25, 0.3) is 0 Å². The van der Waals surface area contributed by atoms with Crippen molar-refractivity contribution in [3.63, 3.8) is 0 Å². The highest BCUT2D eigenvalue weighted by molar-refractivity contribution is 5.88. The van der Waals surface area contributed by atoms with E-state index in [2.05, 4.69) is 4.99 Å². The molecule has 4 nitrogen and oxygen atoms in total. The minimum Gasteiger partial charge on any atom is -0.415 e. The van der Waals surface area contributed by atoms with Crippen molar-refractivity contribution in [1.29, 1.82) is 0 Å².